The van der Waals surface area contributed by atoms with Crippen LogP contribution in [-0.4, -0.2) is 24.0 Å². The Labute approximate surface area is 207 Å². The summed E-state index contributed by atoms with van der Waals surface area (Å²) < 4.78 is 31.5. The van der Waals surface area contributed by atoms with Gasteiger partial charge in [-0.25, -0.2) is 4.39 Å². The monoisotopic (exact) mass is 487 g/mol. The highest BCUT2D eigenvalue weighted by Crippen LogP contribution is 2.41. The van der Waals surface area contributed by atoms with E-state index in [2.05, 4.69) is 0 Å². The van der Waals surface area contributed by atoms with E-state index in [1.165, 1.54) is 12.1 Å². The molecular weight excluding hydrogens is 461 g/mol. The molecular formula is C29H26FNO5. The van der Waals surface area contributed by atoms with E-state index in [9.17, 15) is 14.0 Å². The van der Waals surface area contributed by atoms with Crippen LogP contribution < -0.4 is 14.9 Å². The average Bonchev–Trinajstić information content (AvgIpc) is 3.14. The Morgan fingerprint density at radius 1 is 0.917 bits per heavy atom. The molecule has 1 aliphatic heterocycles. The summed E-state index contributed by atoms with van der Waals surface area (Å²) in [6.45, 7) is 6.89. The van der Waals surface area contributed by atoms with Crippen molar-refractivity contribution >= 4 is 16.9 Å². The SMILES string of the molecule is CCOc1ccc(C2c3c(oc4ccc(F)cc4c3=O)C(=O)N2Cc2ccc(C)cc2)cc1OCC. The third-order valence-corrected chi connectivity index (χ3v) is 6.28. The van der Waals surface area contributed by atoms with Crippen LogP contribution in [0.15, 0.2) is 69.9 Å². The van der Waals surface area contributed by atoms with Crippen molar-refractivity contribution < 1.29 is 23.1 Å². The zero-order valence-corrected chi connectivity index (χ0v) is 20.3. The number of hydrogen-bond donors (Lipinski definition) is 0. The number of benzene rings is 3. The van der Waals surface area contributed by atoms with Gasteiger partial charge < -0.3 is 18.8 Å². The number of ether oxygens (including phenoxy) is 2. The summed E-state index contributed by atoms with van der Waals surface area (Å²) >= 11 is 0. The zero-order valence-electron chi connectivity index (χ0n) is 20.3. The highest BCUT2D eigenvalue weighted by atomic mass is 19.1. The number of carbonyl (C=O) groups excluding carboxylic acids is 1. The van der Waals surface area contributed by atoms with Gasteiger partial charge in [-0.3, -0.25) is 9.59 Å². The van der Waals surface area contributed by atoms with Gasteiger partial charge >= 0.3 is 0 Å². The van der Waals surface area contributed by atoms with E-state index < -0.39 is 23.2 Å². The van der Waals surface area contributed by atoms with E-state index >= 15 is 0 Å². The molecule has 0 aliphatic carbocycles. The van der Waals surface area contributed by atoms with Crippen LogP contribution in [0.25, 0.3) is 11.0 Å². The Morgan fingerprint density at radius 3 is 2.36 bits per heavy atom. The van der Waals surface area contributed by atoms with Gasteiger partial charge in [-0.05, 0) is 62.2 Å². The minimum absolute atomic E-state index is 0.0249. The zero-order chi connectivity index (χ0) is 25.4. The molecule has 36 heavy (non-hydrogen) atoms. The van der Waals surface area contributed by atoms with E-state index in [0.29, 0.717) is 30.3 Å². The van der Waals surface area contributed by atoms with Crippen molar-refractivity contribution in [3.63, 3.8) is 0 Å². The number of amides is 1. The van der Waals surface area contributed by atoms with Gasteiger partial charge in [0.25, 0.3) is 5.91 Å². The summed E-state index contributed by atoms with van der Waals surface area (Å²) in [6.07, 6.45) is 0. The van der Waals surface area contributed by atoms with Crippen LogP contribution in [0.2, 0.25) is 0 Å². The van der Waals surface area contributed by atoms with Gasteiger partial charge in [-0.1, -0.05) is 35.9 Å². The Kier molecular flexibility index (Phi) is 6.22. The molecule has 1 aliphatic rings. The topological polar surface area (TPSA) is 69.0 Å². The molecule has 0 bridgehead atoms. The summed E-state index contributed by atoms with van der Waals surface area (Å²) in [7, 11) is 0. The lowest BCUT2D eigenvalue weighted by Gasteiger charge is -2.26. The minimum Gasteiger partial charge on any atom is -0.490 e. The summed E-state index contributed by atoms with van der Waals surface area (Å²) in [5.41, 5.74) is 2.62. The van der Waals surface area contributed by atoms with Gasteiger partial charge in [0.05, 0.1) is 30.2 Å². The Hall–Kier alpha value is -4.13. The molecule has 1 aromatic heterocycles. The lowest BCUT2D eigenvalue weighted by Crippen LogP contribution is -2.29. The van der Waals surface area contributed by atoms with Crippen molar-refractivity contribution in [2.75, 3.05) is 13.2 Å². The first-order chi connectivity index (χ1) is 17.4. The van der Waals surface area contributed by atoms with Gasteiger partial charge in [0.15, 0.2) is 16.9 Å². The fourth-order valence-corrected chi connectivity index (χ4v) is 4.63. The van der Waals surface area contributed by atoms with Gasteiger partial charge in [0.1, 0.15) is 11.4 Å². The molecule has 1 atom stereocenters. The second kappa shape index (κ2) is 9.49. The average molecular weight is 488 g/mol. The maximum atomic E-state index is 14.0. The molecule has 184 valence electrons. The second-order valence-corrected chi connectivity index (χ2v) is 8.71. The molecule has 7 heteroatoms. The van der Waals surface area contributed by atoms with Gasteiger partial charge in [0, 0.05) is 6.54 Å². The van der Waals surface area contributed by atoms with Gasteiger partial charge in [0.2, 0.25) is 5.76 Å². The quantitative estimate of drug-likeness (QED) is 0.330. The van der Waals surface area contributed by atoms with E-state index in [1.807, 2.05) is 51.1 Å². The minimum atomic E-state index is -0.743. The summed E-state index contributed by atoms with van der Waals surface area (Å²) in [5, 5.41) is 0.0969. The first-order valence-corrected chi connectivity index (χ1v) is 11.9. The third-order valence-electron chi connectivity index (χ3n) is 6.28. The lowest BCUT2D eigenvalue weighted by molar-refractivity contribution is 0.0714. The van der Waals surface area contributed by atoms with Gasteiger partial charge in [-0.2, -0.15) is 0 Å². The Bertz CT molecular complexity index is 1510. The molecule has 4 aromatic rings. The van der Waals surface area contributed by atoms with Crippen LogP contribution in [0, 0.1) is 12.7 Å². The number of fused-ring (bicyclic) bond motifs is 2. The Balaban J connectivity index is 1.71. The fraction of sp³-hybridized carbons (Fsp3) is 0.241. The first-order valence-electron chi connectivity index (χ1n) is 11.9. The number of hydrogen-bond acceptors (Lipinski definition) is 5. The molecule has 6 nitrogen and oxygen atoms in total. The summed E-state index contributed by atoms with van der Waals surface area (Å²) in [6, 6.07) is 16.2. The summed E-state index contributed by atoms with van der Waals surface area (Å²) in [5.74, 6) is 0.121. The highest BCUT2D eigenvalue weighted by Gasteiger charge is 2.43. The third kappa shape index (κ3) is 4.11. The normalized spacial score (nSPS) is 14.8. The number of nitrogens with zero attached hydrogens (tertiary/aromatic N) is 1. The van der Waals surface area contributed by atoms with E-state index in [0.717, 1.165) is 17.2 Å². The number of halogens is 1. The van der Waals surface area contributed by atoms with E-state index in [1.54, 1.807) is 17.0 Å². The van der Waals surface area contributed by atoms with Crippen LogP contribution in [0.1, 0.15) is 52.7 Å². The molecule has 3 aromatic carbocycles. The number of carbonyl (C=O) groups is 1. The molecule has 0 radical (unpaired) electrons. The standard InChI is InChI=1S/C29H26FNO5/c1-4-34-23-12-10-19(14-24(23)35-5-2)26-25-27(32)21-15-20(30)11-13-22(21)36-28(25)29(33)31(26)16-18-8-6-17(3)7-9-18/h6-15,26H,4-5,16H2,1-3H3. The van der Waals surface area contributed by atoms with Crippen LogP contribution in [-0.2, 0) is 6.54 Å². The largest absolute Gasteiger partial charge is 0.490 e. The Morgan fingerprint density at radius 2 is 1.64 bits per heavy atom. The van der Waals surface area contributed by atoms with Crippen molar-refractivity contribution in [1.82, 2.24) is 4.90 Å². The van der Waals surface area contributed by atoms with Crippen LogP contribution in [0.3, 0.4) is 0 Å². The van der Waals surface area contributed by atoms with Crippen molar-refractivity contribution in [1.29, 1.82) is 0 Å². The van der Waals surface area contributed by atoms with Crippen LogP contribution >= 0.6 is 0 Å². The molecule has 1 unspecified atom stereocenters. The number of aryl methyl sites for hydroxylation is 1. The molecule has 1 amide bonds. The van der Waals surface area contributed by atoms with Crippen LogP contribution in [0.4, 0.5) is 4.39 Å². The van der Waals surface area contributed by atoms with E-state index in [4.69, 9.17) is 13.9 Å². The molecule has 0 fully saturated rings. The van der Waals surface area contributed by atoms with Crippen molar-refractivity contribution in [3.05, 3.63) is 105 Å². The fourth-order valence-electron chi connectivity index (χ4n) is 4.63. The number of rotatable bonds is 7. The van der Waals surface area contributed by atoms with Crippen molar-refractivity contribution in [3.8, 4) is 11.5 Å². The predicted octanol–water partition coefficient (Wildman–Crippen LogP) is 5.78. The molecule has 5 rings (SSSR count). The molecule has 2 heterocycles. The lowest BCUT2D eigenvalue weighted by atomic mass is 9.97. The maximum absolute atomic E-state index is 14.0. The molecule has 0 spiro atoms. The molecule has 0 saturated carbocycles. The van der Waals surface area contributed by atoms with Crippen molar-refractivity contribution in [2.45, 2.75) is 33.4 Å². The van der Waals surface area contributed by atoms with E-state index in [-0.39, 0.29) is 28.8 Å². The second-order valence-electron chi connectivity index (χ2n) is 8.71. The smallest absolute Gasteiger partial charge is 0.291 e. The first kappa shape index (κ1) is 23.6. The maximum Gasteiger partial charge on any atom is 0.291 e. The van der Waals surface area contributed by atoms with Crippen LogP contribution in [0.5, 0.6) is 11.5 Å². The highest BCUT2D eigenvalue weighted by molar-refractivity contribution is 5.99. The predicted molar refractivity (Wildman–Crippen MR) is 134 cm³/mol. The summed E-state index contributed by atoms with van der Waals surface area (Å²) in [4.78, 5) is 28.9. The molecule has 0 saturated heterocycles. The van der Waals surface area contributed by atoms with Crippen molar-refractivity contribution in [2.24, 2.45) is 0 Å². The molecule has 0 N–H and O–H groups in total. The van der Waals surface area contributed by atoms with Gasteiger partial charge in [-0.15, -0.1) is 0 Å².